The van der Waals surface area contributed by atoms with Crippen molar-refractivity contribution in [2.45, 2.75) is 26.8 Å². The van der Waals surface area contributed by atoms with Gasteiger partial charge in [-0.15, -0.1) is 5.10 Å². The van der Waals surface area contributed by atoms with Crippen LogP contribution >= 0.6 is 0 Å². The maximum Gasteiger partial charge on any atom is 0.377 e. The van der Waals surface area contributed by atoms with E-state index in [2.05, 4.69) is 14.8 Å². The number of aryl methyl sites for hydroxylation is 3. The lowest BCUT2D eigenvalue weighted by molar-refractivity contribution is 0.0586. The number of benzene rings is 1. The van der Waals surface area contributed by atoms with Crippen molar-refractivity contribution < 1.29 is 14.3 Å². The average molecular weight is 289 g/mol. The predicted molar refractivity (Wildman–Crippen MR) is 77.4 cm³/mol. The summed E-state index contributed by atoms with van der Waals surface area (Å²) in [5.74, 6) is 0.486. The van der Waals surface area contributed by atoms with Crippen LogP contribution in [0, 0.1) is 13.8 Å². The van der Waals surface area contributed by atoms with E-state index in [0.717, 1.165) is 23.3 Å². The van der Waals surface area contributed by atoms with Crippen molar-refractivity contribution in [2.75, 3.05) is 13.7 Å². The summed E-state index contributed by atoms with van der Waals surface area (Å²) < 4.78 is 12.0. The Balaban J connectivity index is 1.82. The van der Waals surface area contributed by atoms with Gasteiger partial charge < -0.3 is 9.47 Å². The molecule has 0 aliphatic rings. The first kappa shape index (κ1) is 15.0. The molecule has 1 aromatic heterocycles. The first-order valence-corrected chi connectivity index (χ1v) is 6.78. The number of methoxy groups -OCH3 is 1. The maximum absolute atomic E-state index is 11.2. The number of ether oxygens (including phenoxy) is 2. The number of esters is 1. The zero-order valence-corrected chi connectivity index (χ0v) is 12.5. The van der Waals surface area contributed by atoms with Gasteiger partial charge in [0.15, 0.2) is 0 Å². The lowest BCUT2D eigenvalue weighted by atomic mass is 10.1. The van der Waals surface area contributed by atoms with Crippen LogP contribution in [0.4, 0.5) is 0 Å². The molecule has 0 unspecified atom stereocenters. The Hall–Kier alpha value is -2.37. The monoisotopic (exact) mass is 289 g/mol. The highest BCUT2D eigenvalue weighted by Gasteiger charge is 2.10. The van der Waals surface area contributed by atoms with E-state index in [1.54, 1.807) is 4.68 Å². The normalized spacial score (nSPS) is 10.4. The maximum atomic E-state index is 11.2. The van der Waals surface area contributed by atoms with E-state index < -0.39 is 5.97 Å². The topological polar surface area (TPSA) is 66.2 Å². The summed E-state index contributed by atoms with van der Waals surface area (Å²) in [5.41, 5.74) is 2.26. The summed E-state index contributed by atoms with van der Waals surface area (Å²) >= 11 is 0. The van der Waals surface area contributed by atoms with Crippen LogP contribution in [-0.2, 0) is 11.3 Å². The van der Waals surface area contributed by atoms with E-state index in [1.165, 1.54) is 13.4 Å². The van der Waals surface area contributed by atoms with Gasteiger partial charge in [-0.05, 0) is 25.0 Å². The van der Waals surface area contributed by atoms with E-state index in [9.17, 15) is 4.79 Å². The summed E-state index contributed by atoms with van der Waals surface area (Å²) in [5, 5.41) is 4.04. The van der Waals surface area contributed by atoms with Crippen LogP contribution in [0.3, 0.4) is 0 Å². The molecule has 6 nitrogen and oxygen atoms in total. The second kappa shape index (κ2) is 6.88. The molecule has 0 radical (unpaired) electrons. The van der Waals surface area contributed by atoms with Crippen molar-refractivity contribution in [1.82, 2.24) is 14.8 Å². The summed E-state index contributed by atoms with van der Waals surface area (Å²) in [6, 6.07) is 6.08. The van der Waals surface area contributed by atoms with Gasteiger partial charge in [-0.25, -0.2) is 9.78 Å². The van der Waals surface area contributed by atoms with Gasteiger partial charge in [0.1, 0.15) is 12.1 Å². The highest BCUT2D eigenvalue weighted by molar-refractivity contribution is 5.84. The largest absolute Gasteiger partial charge is 0.493 e. The van der Waals surface area contributed by atoms with Gasteiger partial charge >= 0.3 is 5.97 Å². The minimum absolute atomic E-state index is 0.0770. The second-order valence-electron chi connectivity index (χ2n) is 4.75. The van der Waals surface area contributed by atoms with Crippen molar-refractivity contribution >= 4 is 5.97 Å². The third-order valence-electron chi connectivity index (χ3n) is 3.09. The molecule has 1 aromatic carbocycles. The number of carbonyl (C=O) groups excluding carboxylic acids is 1. The smallest absolute Gasteiger partial charge is 0.377 e. The van der Waals surface area contributed by atoms with E-state index >= 15 is 0 Å². The first-order valence-electron chi connectivity index (χ1n) is 6.78. The molecule has 0 saturated heterocycles. The summed E-state index contributed by atoms with van der Waals surface area (Å²) in [4.78, 5) is 15.1. The fraction of sp³-hybridized carbons (Fsp3) is 0.400. The fourth-order valence-electron chi connectivity index (χ4n) is 2.01. The van der Waals surface area contributed by atoms with Crippen LogP contribution in [0.15, 0.2) is 24.5 Å². The van der Waals surface area contributed by atoms with Crippen molar-refractivity contribution in [1.29, 1.82) is 0 Å². The Kier molecular flexibility index (Phi) is 4.92. The zero-order valence-electron chi connectivity index (χ0n) is 12.5. The van der Waals surface area contributed by atoms with E-state index in [0.29, 0.717) is 13.2 Å². The zero-order chi connectivity index (χ0) is 15.2. The summed E-state index contributed by atoms with van der Waals surface area (Å²) in [6.07, 6.45) is 2.29. The number of aromatic nitrogens is 3. The highest BCUT2D eigenvalue weighted by Crippen LogP contribution is 2.22. The number of rotatable bonds is 6. The Morgan fingerprint density at radius 1 is 1.29 bits per heavy atom. The number of para-hydroxylation sites is 1. The molecule has 0 bridgehead atoms. The minimum atomic E-state index is -0.527. The standard InChI is InChI=1S/C15H19N3O3/c1-11-6-4-7-12(2)13(11)21-9-5-8-18-10-16-14(17-18)15(19)20-3/h4,6-7,10H,5,8-9H2,1-3H3. The first-order chi connectivity index (χ1) is 10.1. The lowest BCUT2D eigenvalue weighted by Gasteiger charge is -2.11. The fourth-order valence-corrected chi connectivity index (χ4v) is 2.01. The molecule has 0 spiro atoms. The molecule has 0 fully saturated rings. The number of carbonyl (C=O) groups is 1. The van der Waals surface area contributed by atoms with Crippen molar-refractivity contribution in [3.05, 3.63) is 41.5 Å². The van der Waals surface area contributed by atoms with Crippen LogP contribution in [0.1, 0.15) is 28.2 Å². The van der Waals surface area contributed by atoms with Gasteiger partial charge in [0.25, 0.3) is 5.82 Å². The molecule has 0 saturated carbocycles. The van der Waals surface area contributed by atoms with Crippen LogP contribution in [-0.4, -0.2) is 34.5 Å². The summed E-state index contributed by atoms with van der Waals surface area (Å²) in [7, 11) is 1.31. The van der Waals surface area contributed by atoms with Crippen molar-refractivity contribution in [3.63, 3.8) is 0 Å². The number of hydrogen-bond donors (Lipinski definition) is 0. The molecule has 21 heavy (non-hydrogen) atoms. The van der Waals surface area contributed by atoms with E-state index in [1.807, 2.05) is 32.0 Å². The van der Waals surface area contributed by atoms with Crippen LogP contribution in [0.25, 0.3) is 0 Å². The Bertz CT molecular complexity index is 602. The molecule has 2 rings (SSSR count). The molecule has 1 heterocycles. The van der Waals surface area contributed by atoms with Crippen LogP contribution in [0.5, 0.6) is 5.75 Å². The molecule has 2 aromatic rings. The van der Waals surface area contributed by atoms with Crippen LogP contribution in [0.2, 0.25) is 0 Å². The van der Waals surface area contributed by atoms with E-state index in [4.69, 9.17) is 4.74 Å². The van der Waals surface area contributed by atoms with Gasteiger partial charge in [-0.1, -0.05) is 18.2 Å². The molecule has 0 amide bonds. The lowest BCUT2D eigenvalue weighted by Crippen LogP contribution is -2.08. The van der Waals surface area contributed by atoms with Crippen molar-refractivity contribution in [2.24, 2.45) is 0 Å². The Labute approximate surface area is 123 Å². The van der Waals surface area contributed by atoms with E-state index in [-0.39, 0.29) is 5.82 Å². The van der Waals surface area contributed by atoms with Gasteiger partial charge in [-0.3, -0.25) is 4.68 Å². The Morgan fingerprint density at radius 2 is 2.00 bits per heavy atom. The number of nitrogens with zero attached hydrogens (tertiary/aromatic N) is 3. The Morgan fingerprint density at radius 3 is 2.67 bits per heavy atom. The molecular weight excluding hydrogens is 270 g/mol. The van der Waals surface area contributed by atoms with Gasteiger partial charge in [-0.2, -0.15) is 0 Å². The molecule has 0 N–H and O–H groups in total. The highest BCUT2D eigenvalue weighted by atomic mass is 16.5. The van der Waals surface area contributed by atoms with Gasteiger partial charge in [0.05, 0.1) is 13.7 Å². The summed E-state index contributed by atoms with van der Waals surface area (Å²) in [6.45, 7) is 5.28. The van der Waals surface area contributed by atoms with Crippen LogP contribution < -0.4 is 4.74 Å². The average Bonchev–Trinajstić information content (AvgIpc) is 2.94. The second-order valence-corrected chi connectivity index (χ2v) is 4.75. The molecule has 112 valence electrons. The van der Waals surface area contributed by atoms with Gasteiger partial charge in [0, 0.05) is 13.0 Å². The van der Waals surface area contributed by atoms with Gasteiger partial charge in [0.2, 0.25) is 0 Å². The molecule has 6 heteroatoms. The molecule has 0 aliphatic heterocycles. The molecule has 0 aliphatic carbocycles. The van der Waals surface area contributed by atoms with Crippen molar-refractivity contribution in [3.8, 4) is 5.75 Å². The quantitative estimate of drug-likeness (QED) is 0.602. The SMILES string of the molecule is COC(=O)c1ncn(CCCOc2c(C)cccc2C)n1. The molecular formula is C15H19N3O3. The molecule has 0 atom stereocenters. The predicted octanol–water partition coefficient (Wildman–Crippen LogP) is 2.15. The minimum Gasteiger partial charge on any atom is -0.493 e. The number of hydrogen-bond acceptors (Lipinski definition) is 5. The third kappa shape index (κ3) is 3.81. The third-order valence-corrected chi connectivity index (χ3v) is 3.09.